The Bertz CT molecular complexity index is 237. The van der Waals surface area contributed by atoms with Crippen LogP contribution in [0.3, 0.4) is 0 Å². The molecule has 0 aliphatic heterocycles. The molecule has 0 aromatic heterocycles. The fraction of sp³-hybridized carbons (Fsp3) is 0.923. The molecule has 0 heterocycles. The van der Waals surface area contributed by atoms with Gasteiger partial charge in [0.2, 0.25) is 0 Å². The molecular formula is C13H23IO2. The average molecular weight is 338 g/mol. The van der Waals surface area contributed by atoms with Gasteiger partial charge in [0.1, 0.15) is 0 Å². The third kappa shape index (κ3) is 3.90. The highest BCUT2D eigenvalue weighted by Crippen LogP contribution is 2.43. The maximum atomic E-state index is 12.0. The van der Waals surface area contributed by atoms with Crippen LogP contribution < -0.4 is 0 Å². The molecule has 0 N–H and O–H groups in total. The molecule has 2 nitrogen and oxygen atoms in total. The molecule has 0 bridgehead atoms. The van der Waals surface area contributed by atoms with Gasteiger partial charge in [0.05, 0.1) is 12.5 Å². The van der Waals surface area contributed by atoms with Gasteiger partial charge in [-0.1, -0.05) is 55.7 Å². The van der Waals surface area contributed by atoms with Crippen LogP contribution in [-0.2, 0) is 9.53 Å². The van der Waals surface area contributed by atoms with E-state index in [1.807, 2.05) is 0 Å². The van der Waals surface area contributed by atoms with Crippen LogP contribution in [0.5, 0.6) is 0 Å². The van der Waals surface area contributed by atoms with Gasteiger partial charge < -0.3 is 4.74 Å². The van der Waals surface area contributed by atoms with Crippen LogP contribution >= 0.6 is 22.6 Å². The van der Waals surface area contributed by atoms with Gasteiger partial charge in [-0.15, -0.1) is 0 Å². The van der Waals surface area contributed by atoms with Gasteiger partial charge in [-0.2, -0.15) is 0 Å². The minimum Gasteiger partial charge on any atom is -0.469 e. The standard InChI is InChI=1S/C13H23IO2/c1-12(2,14)9-10-13(11(15)16-3)7-5-4-6-8-13/h4-10H2,1-3H3. The normalized spacial score (nSPS) is 20.5. The number of ether oxygens (including phenoxy) is 1. The van der Waals surface area contributed by atoms with Crippen LogP contribution in [0, 0.1) is 5.41 Å². The summed E-state index contributed by atoms with van der Waals surface area (Å²) in [6.07, 6.45) is 7.73. The predicted octanol–water partition coefficient (Wildman–Crippen LogP) is 4.10. The topological polar surface area (TPSA) is 26.3 Å². The van der Waals surface area contributed by atoms with E-state index in [0.717, 1.165) is 25.7 Å². The molecule has 3 heteroatoms. The van der Waals surface area contributed by atoms with Crippen LogP contribution in [0.15, 0.2) is 0 Å². The largest absolute Gasteiger partial charge is 0.469 e. The molecule has 94 valence electrons. The summed E-state index contributed by atoms with van der Waals surface area (Å²) in [5.74, 6) is 0.0212. The van der Waals surface area contributed by atoms with E-state index < -0.39 is 0 Å². The summed E-state index contributed by atoms with van der Waals surface area (Å²) >= 11 is 2.46. The minimum absolute atomic E-state index is 0.0212. The molecular weight excluding hydrogens is 315 g/mol. The first-order valence-electron chi connectivity index (χ1n) is 6.17. The van der Waals surface area contributed by atoms with Crippen LogP contribution in [0.1, 0.15) is 58.8 Å². The van der Waals surface area contributed by atoms with E-state index in [0.29, 0.717) is 0 Å². The van der Waals surface area contributed by atoms with Crippen molar-refractivity contribution in [1.82, 2.24) is 0 Å². The van der Waals surface area contributed by atoms with E-state index in [4.69, 9.17) is 4.74 Å². The lowest BCUT2D eigenvalue weighted by molar-refractivity contribution is -0.155. The molecule has 1 fully saturated rings. The van der Waals surface area contributed by atoms with Crippen LogP contribution in [0.4, 0.5) is 0 Å². The van der Waals surface area contributed by atoms with Crippen LogP contribution in [0.25, 0.3) is 0 Å². The van der Waals surface area contributed by atoms with Crippen molar-refractivity contribution in [3.05, 3.63) is 0 Å². The van der Waals surface area contributed by atoms with Crippen molar-refractivity contribution in [1.29, 1.82) is 0 Å². The van der Waals surface area contributed by atoms with Gasteiger partial charge in [0, 0.05) is 3.42 Å². The highest BCUT2D eigenvalue weighted by Gasteiger charge is 2.40. The Kier molecular flexibility index (Phi) is 5.08. The number of alkyl halides is 1. The van der Waals surface area contributed by atoms with Crippen molar-refractivity contribution >= 4 is 28.6 Å². The minimum atomic E-state index is -0.171. The van der Waals surface area contributed by atoms with Crippen LogP contribution in [0.2, 0.25) is 0 Å². The van der Waals surface area contributed by atoms with E-state index in [1.54, 1.807) is 0 Å². The molecule has 16 heavy (non-hydrogen) atoms. The Morgan fingerprint density at radius 1 is 1.31 bits per heavy atom. The molecule has 0 saturated heterocycles. The second-order valence-corrected chi connectivity index (χ2v) is 8.47. The monoisotopic (exact) mass is 338 g/mol. The molecule has 1 aliphatic rings. The maximum absolute atomic E-state index is 12.0. The Morgan fingerprint density at radius 2 is 1.88 bits per heavy atom. The molecule has 0 amide bonds. The zero-order valence-electron chi connectivity index (χ0n) is 10.6. The molecule has 0 radical (unpaired) electrons. The van der Waals surface area contributed by atoms with Gasteiger partial charge in [-0.3, -0.25) is 4.79 Å². The van der Waals surface area contributed by atoms with Gasteiger partial charge in [-0.05, 0) is 25.7 Å². The first-order chi connectivity index (χ1) is 7.40. The fourth-order valence-electron chi connectivity index (χ4n) is 2.54. The molecule has 1 rings (SSSR count). The Morgan fingerprint density at radius 3 is 2.31 bits per heavy atom. The molecule has 0 atom stereocenters. The van der Waals surface area contributed by atoms with Crippen LogP contribution in [-0.4, -0.2) is 16.5 Å². The summed E-state index contributed by atoms with van der Waals surface area (Å²) in [6, 6.07) is 0. The Labute approximate surface area is 113 Å². The highest BCUT2D eigenvalue weighted by molar-refractivity contribution is 14.1. The lowest BCUT2D eigenvalue weighted by Gasteiger charge is -2.36. The Hall–Kier alpha value is 0.200. The third-order valence-corrected chi connectivity index (χ3v) is 4.17. The smallest absolute Gasteiger partial charge is 0.311 e. The number of halogens is 1. The summed E-state index contributed by atoms with van der Waals surface area (Å²) in [5.41, 5.74) is -0.171. The number of esters is 1. The number of carbonyl (C=O) groups excluding carboxylic acids is 1. The van der Waals surface area contributed by atoms with Crippen molar-refractivity contribution in [3.63, 3.8) is 0 Å². The second-order valence-electron chi connectivity index (χ2n) is 5.55. The second kappa shape index (κ2) is 5.69. The summed E-state index contributed by atoms with van der Waals surface area (Å²) < 4.78 is 5.29. The van der Waals surface area contributed by atoms with Gasteiger partial charge in [0.25, 0.3) is 0 Å². The summed E-state index contributed by atoms with van der Waals surface area (Å²) in [6.45, 7) is 4.45. The lowest BCUT2D eigenvalue weighted by Crippen LogP contribution is -2.35. The number of rotatable bonds is 4. The first kappa shape index (κ1) is 14.3. The van der Waals surface area contributed by atoms with Crippen molar-refractivity contribution in [2.45, 2.75) is 62.2 Å². The molecule has 1 saturated carbocycles. The number of methoxy groups -OCH3 is 1. The van der Waals surface area contributed by atoms with Crippen molar-refractivity contribution in [2.75, 3.05) is 7.11 Å². The SMILES string of the molecule is COC(=O)C1(CCC(C)(C)I)CCCCC1. The van der Waals surface area contributed by atoms with Gasteiger partial charge in [-0.25, -0.2) is 0 Å². The lowest BCUT2D eigenvalue weighted by atomic mass is 9.70. The molecule has 0 aromatic rings. The van der Waals surface area contributed by atoms with E-state index in [9.17, 15) is 4.79 Å². The fourth-order valence-corrected chi connectivity index (χ4v) is 2.81. The predicted molar refractivity (Wildman–Crippen MR) is 74.9 cm³/mol. The van der Waals surface area contributed by atoms with E-state index in [1.165, 1.54) is 26.4 Å². The summed E-state index contributed by atoms with van der Waals surface area (Å²) in [5, 5.41) is 0. The zero-order valence-corrected chi connectivity index (χ0v) is 12.8. The third-order valence-electron chi connectivity index (χ3n) is 3.63. The summed E-state index contributed by atoms with van der Waals surface area (Å²) in [4.78, 5) is 12.0. The van der Waals surface area contributed by atoms with E-state index in [-0.39, 0.29) is 14.8 Å². The van der Waals surface area contributed by atoms with E-state index >= 15 is 0 Å². The molecule has 0 unspecified atom stereocenters. The zero-order chi connectivity index (χ0) is 12.2. The first-order valence-corrected chi connectivity index (χ1v) is 7.25. The Balaban J connectivity index is 2.67. The van der Waals surface area contributed by atoms with Crippen molar-refractivity contribution in [3.8, 4) is 0 Å². The quantitative estimate of drug-likeness (QED) is 0.438. The maximum Gasteiger partial charge on any atom is 0.311 e. The number of hydrogen-bond acceptors (Lipinski definition) is 2. The highest BCUT2D eigenvalue weighted by atomic mass is 127. The summed E-state index contributed by atoms with van der Waals surface area (Å²) in [7, 11) is 1.52. The van der Waals surface area contributed by atoms with Gasteiger partial charge in [0.15, 0.2) is 0 Å². The number of carbonyl (C=O) groups is 1. The average Bonchev–Trinajstić information content (AvgIpc) is 2.25. The van der Waals surface area contributed by atoms with E-state index in [2.05, 4.69) is 36.4 Å². The van der Waals surface area contributed by atoms with Gasteiger partial charge >= 0.3 is 5.97 Å². The van der Waals surface area contributed by atoms with Crippen molar-refractivity contribution in [2.24, 2.45) is 5.41 Å². The molecule has 0 aromatic carbocycles. The molecule has 0 spiro atoms. The van der Waals surface area contributed by atoms with Crippen molar-refractivity contribution < 1.29 is 9.53 Å². The number of hydrogen-bond donors (Lipinski definition) is 0. The molecule has 1 aliphatic carbocycles.